The Bertz CT molecular complexity index is 923. The summed E-state index contributed by atoms with van der Waals surface area (Å²) in [5.41, 5.74) is 0.255. The van der Waals surface area contributed by atoms with E-state index in [0.29, 0.717) is 42.6 Å². The van der Waals surface area contributed by atoms with Crippen molar-refractivity contribution in [3.05, 3.63) is 48.0 Å². The van der Waals surface area contributed by atoms with Gasteiger partial charge in [-0.05, 0) is 37.1 Å². The number of halogens is 2. The second kappa shape index (κ2) is 8.76. The first kappa shape index (κ1) is 20.4. The summed E-state index contributed by atoms with van der Waals surface area (Å²) in [6, 6.07) is 6.45. The topological polar surface area (TPSA) is 79.9 Å². The van der Waals surface area contributed by atoms with Crippen molar-refractivity contribution >= 4 is 23.3 Å². The molecule has 0 radical (unpaired) electrons. The van der Waals surface area contributed by atoms with Crippen LogP contribution in [0, 0.1) is 11.6 Å². The summed E-state index contributed by atoms with van der Waals surface area (Å²) in [6.07, 6.45) is 1.07. The number of benzene rings is 2. The second-order valence-corrected chi connectivity index (χ2v) is 6.46. The van der Waals surface area contributed by atoms with Crippen molar-refractivity contribution < 1.29 is 27.8 Å². The molecule has 3 amide bonds. The first-order valence-electron chi connectivity index (χ1n) is 8.98. The molecule has 0 aliphatic carbocycles. The molecule has 0 saturated carbocycles. The summed E-state index contributed by atoms with van der Waals surface area (Å²) in [5, 5.41) is 5.15. The number of methoxy groups -OCH3 is 2. The lowest BCUT2D eigenvalue weighted by Crippen LogP contribution is -2.45. The zero-order valence-electron chi connectivity index (χ0n) is 16.0. The highest BCUT2D eigenvalue weighted by atomic mass is 19.1. The van der Waals surface area contributed by atoms with Crippen molar-refractivity contribution in [1.82, 2.24) is 4.90 Å². The van der Waals surface area contributed by atoms with E-state index in [0.717, 1.165) is 12.1 Å². The molecule has 2 aromatic rings. The average Bonchev–Trinajstić information content (AvgIpc) is 3.20. The number of anilines is 2. The Morgan fingerprint density at radius 2 is 1.83 bits per heavy atom. The summed E-state index contributed by atoms with van der Waals surface area (Å²) in [5.74, 6) is -1.05. The van der Waals surface area contributed by atoms with Crippen LogP contribution in [0.2, 0.25) is 0 Å². The minimum Gasteiger partial charge on any atom is -0.497 e. The van der Waals surface area contributed by atoms with E-state index >= 15 is 0 Å². The van der Waals surface area contributed by atoms with E-state index in [1.54, 1.807) is 18.2 Å². The number of carbonyl (C=O) groups is 2. The maximum atomic E-state index is 13.8. The molecule has 1 saturated heterocycles. The molecule has 0 unspecified atom stereocenters. The molecule has 1 heterocycles. The molecular formula is C20H21F2N3O4. The predicted molar refractivity (Wildman–Crippen MR) is 103 cm³/mol. The largest absolute Gasteiger partial charge is 0.497 e. The number of rotatable bonds is 5. The van der Waals surface area contributed by atoms with Crippen LogP contribution in [-0.2, 0) is 4.79 Å². The standard InChI is InChI=1S/C20H21F2N3O4/c1-28-13-6-8-18(29-2)16(11-13)23-19(26)17-4-3-9-25(17)20(27)24-15-7-5-12(21)10-14(15)22/h5-8,10-11,17H,3-4,9H2,1-2H3,(H,23,26)(H,24,27)/t17-/m1/s1. The van der Waals surface area contributed by atoms with Crippen LogP contribution in [0.1, 0.15) is 12.8 Å². The van der Waals surface area contributed by atoms with Crippen molar-refractivity contribution in [2.45, 2.75) is 18.9 Å². The van der Waals surface area contributed by atoms with Gasteiger partial charge < -0.3 is 25.0 Å². The van der Waals surface area contributed by atoms with Gasteiger partial charge >= 0.3 is 6.03 Å². The summed E-state index contributed by atoms with van der Waals surface area (Å²) >= 11 is 0. The van der Waals surface area contributed by atoms with Gasteiger partial charge in [-0.3, -0.25) is 4.79 Å². The van der Waals surface area contributed by atoms with Gasteiger partial charge in [0.15, 0.2) is 0 Å². The average molecular weight is 405 g/mol. The predicted octanol–water partition coefficient (Wildman–Crippen LogP) is 3.62. The minimum absolute atomic E-state index is 0.156. The molecule has 154 valence electrons. The third-order valence-corrected chi connectivity index (χ3v) is 4.65. The van der Waals surface area contributed by atoms with Crippen LogP contribution in [0.25, 0.3) is 0 Å². The Kier molecular flexibility index (Phi) is 6.16. The Hall–Kier alpha value is -3.36. The van der Waals surface area contributed by atoms with Gasteiger partial charge in [0, 0.05) is 18.7 Å². The fourth-order valence-corrected chi connectivity index (χ4v) is 3.19. The van der Waals surface area contributed by atoms with Crippen LogP contribution >= 0.6 is 0 Å². The van der Waals surface area contributed by atoms with Gasteiger partial charge in [0.2, 0.25) is 5.91 Å². The van der Waals surface area contributed by atoms with E-state index in [4.69, 9.17) is 9.47 Å². The number of hydrogen-bond acceptors (Lipinski definition) is 4. The van der Waals surface area contributed by atoms with Crippen LogP contribution in [0.5, 0.6) is 11.5 Å². The summed E-state index contributed by atoms with van der Waals surface area (Å²) in [4.78, 5) is 26.7. The van der Waals surface area contributed by atoms with Gasteiger partial charge in [0.1, 0.15) is 29.2 Å². The van der Waals surface area contributed by atoms with E-state index in [2.05, 4.69) is 10.6 Å². The minimum atomic E-state index is -0.889. The Labute approximate surface area is 166 Å². The Morgan fingerprint density at radius 1 is 1.03 bits per heavy atom. The number of hydrogen-bond donors (Lipinski definition) is 2. The first-order valence-corrected chi connectivity index (χ1v) is 8.98. The summed E-state index contributed by atoms with van der Waals surface area (Å²) in [7, 11) is 2.98. The molecule has 1 atom stereocenters. The van der Waals surface area contributed by atoms with Gasteiger partial charge in [0.05, 0.1) is 25.6 Å². The lowest BCUT2D eigenvalue weighted by molar-refractivity contribution is -0.119. The van der Waals surface area contributed by atoms with Crippen molar-refractivity contribution in [2.75, 3.05) is 31.4 Å². The van der Waals surface area contributed by atoms with Crippen LogP contribution in [0.3, 0.4) is 0 Å². The normalized spacial score (nSPS) is 15.7. The van der Waals surface area contributed by atoms with E-state index < -0.39 is 29.6 Å². The van der Waals surface area contributed by atoms with Crippen LogP contribution in [0.4, 0.5) is 25.0 Å². The van der Waals surface area contributed by atoms with E-state index in [1.165, 1.54) is 19.1 Å². The van der Waals surface area contributed by atoms with Crippen LogP contribution < -0.4 is 20.1 Å². The third kappa shape index (κ3) is 4.56. The monoisotopic (exact) mass is 405 g/mol. The molecule has 1 aliphatic heterocycles. The Balaban J connectivity index is 1.73. The summed E-state index contributed by atoms with van der Waals surface area (Å²) < 4.78 is 37.3. The van der Waals surface area contributed by atoms with Gasteiger partial charge in [0.25, 0.3) is 0 Å². The third-order valence-electron chi connectivity index (χ3n) is 4.65. The molecule has 0 bridgehead atoms. The first-order chi connectivity index (χ1) is 13.9. The quantitative estimate of drug-likeness (QED) is 0.796. The van der Waals surface area contributed by atoms with Crippen molar-refractivity contribution in [2.24, 2.45) is 0 Å². The van der Waals surface area contributed by atoms with E-state index in [9.17, 15) is 18.4 Å². The molecule has 2 aromatic carbocycles. The van der Waals surface area contributed by atoms with Crippen LogP contribution in [-0.4, -0.2) is 43.6 Å². The summed E-state index contributed by atoms with van der Waals surface area (Å²) in [6.45, 7) is 0.335. The molecule has 7 nitrogen and oxygen atoms in total. The number of likely N-dealkylation sites (tertiary alicyclic amines) is 1. The zero-order valence-corrected chi connectivity index (χ0v) is 16.0. The molecule has 29 heavy (non-hydrogen) atoms. The van der Waals surface area contributed by atoms with Gasteiger partial charge in [-0.15, -0.1) is 0 Å². The molecular weight excluding hydrogens is 384 g/mol. The fraction of sp³-hybridized carbons (Fsp3) is 0.300. The highest BCUT2D eigenvalue weighted by Crippen LogP contribution is 2.30. The maximum absolute atomic E-state index is 13.8. The number of urea groups is 1. The molecule has 0 aromatic heterocycles. The SMILES string of the molecule is COc1ccc(OC)c(NC(=O)[C@H]2CCCN2C(=O)Nc2ccc(F)cc2F)c1. The van der Waals surface area contributed by atoms with Crippen LogP contribution in [0.15, 0.2) is 36.4 Å². The van der Waals surface area contributed by atoms with E-state index in [-0.39, 0.29) is 5.69 Å². The Morgan fingerprint density at radius 3 is 2.52 bits per heavy atom. The number of nitrogens with one attached hydrogen (secondary N) is 2. The fourth-order valence-electron chi connectivity index (χ4n) is 3.19. The number of ether oxygens (including phenoxy) is 2. The van der Waals surface area contributed by atoms with E-state index in [1.807, 2.05) is 0 Å². The lowest BCUT2D eigenvalue weighted by Gasteiger charge is -2.24. The molecule has 0 spiro atoms. The van der Waals surface area contributed by atoms with Gasteiger partial charge in [-0.1, -0.05) is 0 Å². The number of nitrogens with zero attached hydrogens (tertiary/aromatic N) is 1. The highest BCUT2D eigenvalue weighted by molar-refractivity contribution is 6.00. The lowest BCUT2D eigenvalue weighted by atomic mass is 10.2. The number of carbonyl (C=O) groups excluding carboxylic acids is 2. The molecule has 9 heteroatoms. The van der Waals surface area contributed by atoms with Crippen molar-refractivity contribution in [1.29, 1.82) is 0 Å². The smallest absolute Gasteiger partial charge is 0.322 e. The van der Waals surface area contributed by atoms with Crippen molar-refractivity contribution in [3.63, 3.8) is 0 Å². The highest BCUT2D eigenvalue weighted by Gasteiger charge is 2.34. The number of amides is 3. The second-order valence-electron chi connectivity index (χ2n) is 6.46. The molecule has 3 rings (SSSR count). The van der Waals surface area contributed by atoms with Gasteiger partial charge in [-0.25, -0.2) is 13.6 Å². The molecule has 1 fully saturated rings. The zero-order chi connectivity index (χ0) is 21.0. The van der Waals surface area contributed by atoms with Gasteiger partial charge in [-0.2, -0.15) is 0 Å². The molecule has 2 N–H and O–H groups in total. The molecule has 1 aliphatic rings. The van der Waals surface area contributed by atoms with Crippen molar-refractivity contribution in [3.8, 4) is 11.5 Å². The maximum Gasteiger partial charge on any atom is 0.322 e.